The maximum Gasteiger partial charge on any atom is 0.317 e. The van der Waals surface area contributed by atoms with E-state index in [9.17, 15) is 14.7 Å². The number of benzene rings is 2. The number of rotatable bonds is 9. The molecule has 3 N–H and O–H groups in total. The molecule has 1 aliphatic rings. The highest BCUT2D eigenvalue weighted by atomic mass is 16.5. The summed E-state index contributed by atoms with van der Waals surface area (Å²) in [6, 6.07) is 16.6. The van der Waals surface area contributed by atoms with Gasteiger partial charge in [-0.25, -0.2) is 4.79 Å². The van der Waals surface area contributed by atoms with Gasteiger partial charge in [-0.15, -0.1) is 0 Å². The van der Waals surface area contributed by atoms with Crippen LogP contribution in [0.4, 0.5) is 4.79 Å². The first-order chi connectivity index (χ1) is 15.0. The van der Waals surface area contributed by atoms with E-state index < -0.39 is 6.10 Å². The zero-order valence-electron chi connectivity index (χ0n) is 17.8. The number of aliphatic hydroxyl groups excluding tert-OH is 1. The summed E-state index contributed by atoms with van der Waals surface area (Å²) in [4.78, 5) is 28.0. The Hall–Kier alpha value is -3.10. The Morgan fingerprint density at radius 1 is 1.26 bits per heavy atom. The molecular formula is C23H30N4O4. The first-order valence-corrected chi connectivity index (χ1v) is 10.4. The molecule has 0 saturated carbocycles. The zero-order valence-corrected chi connectivity index (χ0v) is 17.8. The number of carbonyl (C=O) groups is 2. The van der Waals surface area contributed by atoms with Crippen LogP contribution in [-0.2, 0) is 11.3 Å². The molecule has 1 saturated heterocycles. The Morgan fingerprint density at radius 2 is 2.06 bits per heavy atom. The number of nitrogens with zero attached hydrogens (tertiary/aromatic N) is 2. The van der Waals surface area contributed by atoms with E-state index in [1.165, 1.54) is 0 Å². The summed E-state index contributed by atoms with van der Waals surface area (Å²) in [6.07, 6.45) is -0.852. The standard InChI is InChI=1S/C23H30N4O4/c1-31-20-9-5-8-19(14-20)21(28)16-27(15-18-6-3-2-4-7-18)23(30)25-11-13-26-12-10-24-22(29)17-26/h2-9,14,21,28H,10-13,15-17H2,1H3,(H,24,29)(H,25,30). The van der Waals surface area contributed by atoms with Gasteiger partial charge < -0.3 is 25.4 Å². The SMILES string of the molecule is COc1cccc(C(O)CN(Cc2ccccc2)C(=O)NCCN2CCNC(=O)C2)c1. The number of ether oxygens (including phenoxy) is 1. The largest absolute Gasteiger partial charge is 0.497 e. The monoisotopic (exact) mass is 426 g/mol. The molecule has 0 spiro atoms. The number of hydrogen-bond acceptors (Lipinski definition) is 5. The minimum Gasteiger partial charge on any atom is -0.497 e. The lowest BCUT2D eigenvalue weighted by atomic mass is 10.1. The van der Waals surface area contributed by atoms with E-state index >= 15 is 0 Å². The Bertz CT molecular complexity index is 862. The van der Waals surface area contributed by atoms with Gasteiger partial charge in [0.25, 0.3) is 0 Å². The number of carbonyl (C=O) groups excluding carboxylic acids is 2. The van der Waals surface area contributed by atoms with Gasteiger partial charge in [-0.1, -0.05) is 42.5 Å². The summed E-state index contributed by atoms with van der Waals surface area (Å²) in [5, 5.41) is 16.5. The minimum absolute atomic E-state index is 0.00434. The summed E-state index contributed by atoms with van der Waals surface area (Å²) in [5.41, 5.74) is 1.66. The lowest BCUT2D eigenvalue weighted by Gasteiger charge is -2.28. The highest BCUT2D eigenvalue weighted by Crippen LogP contribution is 2.20. The van der Waals surface area contributed by atoms with Crippen molar-refractivity contribution in [3.8, 4) is 5.75 Å². The van der Waals surface area contributed by atoms with Crippen LogP contribution in [0.2, 0.25) is 0 Å². The molecule has 3 rings (SSSR count). The second kappa shape index (κ2) is 11.3. The van der Waals surface area contributed by atoms with Gasteiger partial charge in [-0.2, -0.15) is 0 Å². The minimum atomic E-state index is -0.852. The van der Waals surface area contributed by atoms with Crippen LogP contribution in [0, 0.1) is 0 Å². The van der Waals surface area contributed by atoms with Crippen molar-refractivity contribution < 1.29 is 19.4 Å². The van der Waals surface area contributed by atoms with Crippen molar-refractivity contribution in [2.75, 3.05) is 46.4 Å². The third-order valence-corrected chi connectivity index (χ3v) is 5.20. The van der Waals surface area contributed by atoms with Gasteiger partial charge in [-0.05, 0) is 23.3 Å². The van der Waals surface area contributed by atoms with Crippen molar-refractivity contribution in [3.63, 3.8) is 0 Å². The van der Waals surface area contributed by atoms with Gasteiger partial charge in [0.05, 0.1) is 26.3 Å². The maximum atomic E-state index is 12.9. The van der Waals surface area contributed by atoms with Crippen molar-refractivity contribution in [2.24, 2.45) is 0 Å². The van der Waals surface area contributed by atoms with E-state index in [1.807, 2.05) is 53.4 Å². The van der Waals surface area contributed by atoms with Gasteiger partial charge in [0.2, 0.25) is 5.91 Å². The molecule has 8 heteroatoms. The highest BCUT2D eigenvalue weighted by Gasteiger charge is 2.20. The van der Waals surface area contributed by atoms with Crippen LogP contribution in [0.3, 0.4) is 0 Å². The van der Waals surface area contributed by atoms with Crippen LogP contribution in [-0.4, -0.2) is 73.2 Å². The Kier molecular flexibility index (Phi) is 8.26. The molecule has 3 amide bonds. The smallest absolute Gasteiger partial charge is 0.317 e. The van der Waals surface area contributed by atoms with E-state index in [0.29, 0.717) is 44.0 Å². The summed E-state index contributed by atoms with van der Waals surface area (Å²) >= 11 is 0. The van der Waals surface area contributed by atoms with Gasteiger partial charge in [-0.3, -0.25) is 9.69 Å². The van der Waals surface area contributed by atoms with Crippen LogP contribution >= 0.6 is 0 Å². The summed E-state index contributed by atoms with van der Waals surface area (Å²) in [6.45, 7) is 3.27. The number of piperazine rings is 1. The molecule has 2 aromatic carbocycles. The molecule has 8 nitrogen and oxygen atoms in total. The summed E-state index contributed by atoms with van der Waals surface area (Å²) < 4.78 is 5.23. The third-order valence-electron chi connectivity index (χ3n) is 5.20. The third kappa shape index (κ3) is 6.97. The molecule has 1 heterocycles. The van der Waals surface area contributed by atoms with Crippen molar-refractivity contribution in [2.45, 2.75) is 12.6 Å². The maximum absolute atomic E-state index is 12.9. The van der Waals surface area contributed by atoms with Crippen LogP contribution in [0.15, 0.2) is 54.6 Å². The molecule has 1 atom stereocenters. The van der Waals surface area contributed by atoms with Gasteiger partial charge in [0.1, 0.15) is 5.75 Å². The molecule has 0 aliphatic carbocycles. The van der Waals surface area contributed by atoms with Crippen LogP contribution in [0.5, 0.6) is 5.75 Å². The highest BCUT2D eigenvalue weighted by molar-refractivity contribution is 5.78. The number of hydrogen-bond donors (Lipinski definition) is 3. The zero-order chi connectivity index (χ0) is 22.1. The molecule has 31 heavy (non-hydrogen) atoms. The van der Waals surface area contributed by atoms with Crippen molar-refractivity contribution >= 4 is 11.9 Å². The van der Waals surface area contributed by atoms with Gasteiger partial charge in [0, 0.05) is 32.7 Å². The molecule has 0 aromatic heterocycles. The number of amides is 3. The molecule has 166 valence electrons. The Balaban J connectivity index is 1.62. The summed E-state index contributed by atoms with van der Waals surface area (Å²) in [7, 11) is 1.58. The van der Waals surface area contributed by atoms with E-state index in [2.05, 4.69) is 10.6 Å². The predicted molar refractivity (Wildman–Crippen MR) is 118 cm³/mol. The quantitative estimate of drug-likeness (QED) is 0.563. The molecule has 1 fully saturated rings. The normalized spacial score (nSPS) is 15.1. The van der Waals surface area contributed by atoms with E-state index in [0.717, 1.165) is 12.1 Å². The van der Waals surface area contributed by atoms with Crippen molar-refractivity contribution in [1.29, 1.82) is 0 Å². The second-order valence-electron chi connectivity index (χ2n) is 7.52. The average molecular weight is 427 g/mol. The van der Waals surface area contributed by atoms with Crippen molar-refractivity contribution in [1.82, 2.24) is 20.4 Å². The fourth-order valence-corrected chi connectivity index (χ4v) is 3.50. The van der Waals surface area contributed by atoms with E-state index in [-0.39, 0.29) is 18.5 Å². The molecule has 0 bridgehead atoms. The fourth-order valence-electron chi connectivity index (χ4n) is 3.50. The lowest BCUT2D eigenvalue weighted by Crippen LogP contribution is -2.50. The van der Waals surface area contributed by atoms with Gasteiger partial charge >= 0.3 is 6.03 Å². The average Bonchev–Trinajstić information content (AvgIpc) is 2.79. The second-order valence-corrected chi connectivity index (χ2v) is 7.52. The van der Waals surface area contributed by atoms with E-state index in [4.69, 9.17) is 4.74 Å². The summed E-state index contributed by atoms with van der Waals surface area (Å²) in [5.74, 6) is 0.658. The molecule has 1 aliphatic heterocycles. The van der Waals surface area contributed by atoms with Crippen LogP contribution in [0.1, 0.15) is 17.2 Å². The lowest BCUT2D eigenvalue weighted by molar-refractivity contribution is -0.124. The van der Waals surface area contributed by atoms with Crippen LogP contribution in [0.25, 0.3) is 0 Å². The fraction of sp³-hybridized carbons (Fsp3) is 0.391. The van der Waals surface area contributed by atoms with Crippen LogP contribution < -0.4 is 15.4 Å². The Morgan fingerprint density at radius 3 is 2.81 bits per heavy atom. The number of aliphatic hydroxyl groups is 1. The molecule has 0 radical (unpaired) electrons. The van der Waals surface area contributed by atoms with E-state index in [1.54, 1.807) is 18.1 Å². The molecule has 1 unspecified atom stereocenters. The number of methoxy groups -OCH3 is 1. The topological polar surface area (TPSA) is 94.1 Å². The van der Waals surface area contributed by atoms with Gasteiger partial charge in [0.15, 0.2) is 0 Å². The van der Waals surface area contributed by atoms with Crippen molar-refractivity contribution in [3.05, 3.63) is 65.7 Å². The number of urea groups is 1. The first kappa shape index (κ1) is 22.6. The Labute approximate surface area is 182 Å². The molecular weight excluding hydrogens is 396 g/mol. The predicted octanol–water partition coefficient (Wildman–Crippen LogP) is 1.37. The first-order valence-electron chi connectivity index (χ1n) is 10.4. The number of nitrogens with one attached hydrogen (secondary N) is 2. The molecule has 2 aromatic rings.